The Kier molecular flexibility index (Phi) is 6.30. The first kappa shape index (κ1) is 22.4. The Bertz CT molecular complexity index is 1230. The molecule has 1 aromatic carbocycles. The zero-order valence-corrected chi connectivity index (χ0v) is 19.2. The molecule has 0 amide bonds. The Labute approximate surface area is 190 Å². The van der Waals surface area contributed by atoms with Crippen molar-refractivity contribution in [3.05, 3.63) is 50.1 Å². The normalized spacial score (nSPS) is 17.7. The summed E-state index contributed by atoms with van der Waals surface area (Å²) in [5.41, 5.74) is -0.249. The maximum atomic E-state index is 13.0. The molecule has 0 aliphatic carbocycles. The van der Waals surface area contributed by atoms with E-state index in [2.05, 4.69) is 16.8 Å². The van der Waals surface area contributed by atoms with Crippen LogP contribution >= 0.6 is 11.6 Å². The van der Waals surface area contributed by atoms with Crippen molar-refractivity contribution < 1.29 is 9.84 Å². The van der Waals surface area contributed by atoms with Gasteiger partial charge in [-0.1, -0.05) is 18.5 Å². The summed E-state index contributed by atoms with van der Waals surface area (Å²) in [7, 11) is 3.05. The molecule has 1 fully saturated rings. The maximum Gasteiger partial charge on any atom is 0.332 e. The third-order valence-corrected chi connectivity index (χ3v) is 6.17. The molecule has 1 saturated heterocycles. The third-order valence-electron chi connectivity index (χ3n) is 5.92. The van der Waals surface area contributed by atoms with Gasteiger partial charge in [0.1, 0.15) is 18.5 Å². The minimum absolute atomic E-state index is 0.0310. The van der Waals surface area contributed by atoms with Gasteiger partial charge in [0.25, 0.3) is 5.56 Å². The van der Waals surface area contributed by atoms with Gasteiger partial charge in [0.05, 0.1) is 6.54 Å². The summed E-state index contributed by atoms with van der Waals surface area (Å²) in [6.45, 7) is 3.93. The van der Waals surface area contributed by atoms with E-state index in [1.54, 1.807) is 35.9 Å². The van der Waals surface area contributed by atoms with Crippen molar-refractivity contribution >= 4 is 28.7 Å². The summed E-state index contributed by atoms with van der Waals surface area (Å²) in [5.74, 6) is 1.67. The van der Waals surface area contributed by atoms with Crippen LogP contribution in [0.1, 0.15) is 19.8 Å². The quantitative estimate of drug-likeness (QED) is 0.601. The maximum absolute atomic E-state index is 13.0. The van der Waals surface area contributed by atoms with Gasteiger partial charge < -0.3 is 19.3 Å². The molecule has 0 spiro atoms. The number of aliphatic hydroxyl groups is 1. The summed E-state index contributed by atoms with van der Waals surface area (Å²) in [6, 6.07) is 6.89. The molecule has 2 atom stereocenters. The van der Waals surface area contributed by atoms with E-state index in [1.807, 2.05) is 0 Å². The molecule has 3 heterocycles. The highest BCUT2D eigenvalue weighted by atomic mass is 35.5. The second kappa shape index (κ2) is 8.99. The smallest absolute Gasteiger partial charge is 0.332 e. The number of halogens is 1. The van der Waals surface area contributed by atoms with Crippen molar-refractivity contribution in [2.75, 3.05) is 24.6 Å². The molecule has 32 heavy (non-hydrogen) atoms. The van der Waals surface area contributed by atoms with E-state index in [4.69, 9.17) is 16.3 Å². The Morgan fingerprint density at radius 2 is 1.94 bits per heavy atom. The molecule has 0 bridgehead atoms. The number of ether oxygens (including phenoxy) is 1. The van der Waals surface area contributed by atoms with Crippen molar-refractivity contribution in [2.45, 2.75) is 32.4 Å². The van der Waals surface area contributed by atoms with Crippen LogP contribution in [0.4, 0.5) is 5.95 Å². The van der Waals surface area contributed by atoms with Crippen LogP contribution in [0.15, 0.2) is 33.9 Å². The number of aliphatic hydroxyl groups excluding tert-OH is 1. The number of hydrogen-bond donors (Lipinski definition) is 1. The van der Waals surface area contributed by atoms with Crippen LogP contribution in [0.5, 0.6) is 5.75 Å². The van der Waals surface area contributed by atoms with E-state index in [-0.39, 0.29) is 13.2 Å². The molecule has 0 radical (unpaired) electrons. The molecule has 0 saturated carbocycles. The molecule has 2 aromatic heterocycles. The van der Waals surface area contributed by atoms with Crippen LogP contribution in [-0.4, -0.2) is 49.6 Å². The average Bonchev–Trinajstić information content (AvgIpc) is 3.15. The first-order valence-corrected chi connectivity index (χ1v) is 11.1. The summed E-state index contributed by atoms with van der Waals surface area (Å²) in [4.78, 5) is 32.3. The van der Waals surface area contributed by atoms with Gasteiger partial charge in [0.2, 0.25) is 5.95 Å². The fraction of sp³-hybridized carbons (Fsp3) is 0.500. The second-order valence-electron chi connectivity index (χ2n) is 8.51. The molecule has 0 unspecified atom stereocenters. The molecular formula is C22H28ClN5O4. The molecule has 4 rings (SSSR count). The van der Waals surface area contributed by atoms with E-state index < -0.39 is 17.4 Å². The number of piperidine rings is 1. The predicted molar refractivity (Wildman–Crippen MR) is 124 cm³/mol. The topological polar surface area (TPSA) is 94.5 Å². The number of aromatic nitrogens is 4. The van der Waals surface area contributed by atoms with Gasteiger partial charge in [-0.05, 0) is 43.0 Å². The van der Waals surface area contributed by atoms with E-state index in [1.165, 1.54) is 11.6 Å². The van der Waals surface area contributed by atoms with Gasteiger partial charge in [0.15, 0.2) is 11.2 Å². The summed E-state index contributed by atoms with van der Waals surface area (Å²) >= 11 is 5.90. The van der Waals surface area contributed by atoms with Crippen LogP contribution in [0.2, 0.25) is 5.02 Å². The Morgan fingerprint density at radius 3 is 2.62 bits per heavy atom. The number of aryl methyl sites for hydroxylation is 1. The van der Waals surface area contributed by atoms with Crippen LogP contribution < -0.4 is 20.9 Å². The van der Waals surface area contributed by atoms with E-state index in [0.29, 0.717) is 33.8 Å². The SMILES string of the molecule is C[C@@H]1CCCN(c2nc3c(c(=O)n(C)c(=O)n3C)n2C[C@@H](O)COc2ccc(Cl)cc2)C1. The number of benzene rings is 1. The molecule has 172 valence electrons. The van der Waals surface area contributed by atoms with E-state index in [0.717, 1.165) is 30.5 Å². The molecular weight excluding hydrogens is 434 g/mol. The number of hydrogen-bond acceptors (Lipinski definition) is 6. The fourth-order valence-corrected chi connectivity index (χ4v) is 4.33. The van der Waals surface area contributed by atoms with Crippen LogP contribution in [0.25, 0.3) is 11.2 Å². The largest absolute Gasteiger partial charge is 0.491 e. The Balaban J connectivity index is 1.70. The number of imidazole rings is 1. The van der Waals surface area contributed by atoms with E-state index in [9.17, 15) is 14.7 Å². The summed E-state index contributed by atoms with van der Waals surface area (Å²) < 4.78 is 9.86. The minimum Gasteiger partial charge on any atom is -0.491 e. The predicted octanol–water partition coefficient (Wildman–Crippen LogP) is 1.76. The zero-order chi connectivity index (χ0) is 23.0. The van der Waals surface area contributed by atoms with Crippen LogP contribution in [-0.2, 0) is 20.6 Å². The minimum atomic E-state index is -0.897. The van der Waals surface area contributed by atoms with Gasteiger partial charge in [-0.2, -0.15) is 4.98 Å². The van der Waals surface area contributed by atoms with Crippen LogP contribution in [0, 0.1) is 5.92 Å². The number of anilines is 1. The lowest BCUT2D eigenvalue weighted by Gasteiger charge is -2.32. The highest BCUT2D eigenvalue weighted by molar-refractivity contribution is 6.30. The Morgan fingerprint density at radius 1 is 1.22 bits per heavy atom. The highest BCUT2D eigenvalue weighted by Gasteiger charge is 2.26. The van der Waals surface area contributed by atoms with Gasteiger partial charge in [-0.25, -0.2) is 4.79 Å². The highest BCUT2D eigenvalue weighted by Crippen LogP contribution is 2.25. The summed E-state index contributed by atoms with van der Waals surface area (Å²) in [5, 5.41) is 11.4. The van der Waals surface area contributed by atoms with Crippen molar-refractivity contribution in [1.82, 2.24) is 18.7 Å². The number of nitrogens with zero attached hydrogens (tertiary/aromatic N) is 5. The lowest BCUT2D eigenvalue weighted by atomic mass is 10.0. The molecule has 1 aliphatic heterocycles. The number of fused-ring (bicyclic) bond motifs is 1. The van der Waals surface area contributed by atoms with Crippen molar-refractivity contribution in [3.63, 3.8) is 0 Å². The first-order valence-electron chi connectivity index (χ1n) is 10.7. The van der Waals surface area contributed by atoms with E-state index >= 15 is 0 Å². The van der Waals surface area contributed by atoms with Crippen molar-refractivity contribution in [3.8, 4) is 5.75 Å². The van der Waals surface area contributed by atoms with Crippen molar-refractivity contribution in [1.29, 1.82) is 0 Å². The first-order chi connectivity index (χ1) is 15.3. The lowest BCUT2D eigenvalue weighted by molar-refractivity contribution is 0.0935. The molecule has 3 aromatic rings. The monoisotopic (exact) mass is 461 g/mol. The van der Waals surface area contributed by atoms with Gasteiger partial charge >= 0.3 is 5.69 Å². The molecule has 1 N–H and O–H groups in total. The number of rotatable bonds is 6. The lowest BCUT2D eigenvalue weighted by Crippen LogP contribution is -2.39. The van der Waals surface area contributed by atoms with Gasteiger partial charge in [0, 0.05) is 32.2 Å². The van der Waals surface area contributed by atoms with Crippen LogP contribution in [0.3, 0.4) is 0 Å². The fourth-order valence-electron chi connectivity index (χ4n) is 4.21. The Hall–Kier alpha value is -2.78. The molecule has 1 aliphatic rings. The second-order valence-corrected chi connectivity index (χ2v) is 8.95. The van der Waals surface area contributed by atoms with Gasteiger partial charge in [-0.15, -0.1) is 0 Å². The van der Waals surface area contributed by atoms with Crippen molar-refractivity contribution in [2.24, 2.45) is 20.0 Å². The molecule has 10 heteroatoms. The van der Waals surface area contributed by atoms with Gasteiger partial charge in [-0.3, -0.25) is 13.9 Å². The molecule has 9 nitrogen and oxygen atoms in total. The zero-order valence-electron chi connectivity index (χ0n) is 18.5. The summed E-state index contributed by atoms with van der Waals surface area (Å²) in [6.07, 6.45) is 1.25. The standard InChI is InChI=1S/C22H28ClN5O4/c1-14-5-4-10-27(11-14)21-24-19-18(20(30)26(3)22(31)25(19)2)28(21)12-16(29)13-32-17-8-6-15(23)7-9-17/h6-9,14,16,29H,4-5,10-13H2,1-3H3/t14-,16-/m1/s1. The third kappa shape index (κ3) is 4.27. The average molecular weight is 462 g/mol.